The third-order valence-electron chi connectivity index (χ3n) is 2.95. The van der Waals surface area contributed by atoms with Gasteiger partial charge in [-0.25, -0.2) is 9.97 Å². The zero-order chi connectivity index (χ0) is 13.7. The predicted molar refractivity (Wildman–Crippen MR) is 79.5 cm³/mol. The molecule has 100 valence electrons. The van der Waals surface area contributed by atoms with Gasteiger partial charge in [-0.2, -0.15) is 0 Å². The van der Waals surface area contributed by atoms with Crippen molar-refractivity contribution in [2.45, 2.75) is 32.2 Å². The van der Waals surface area contributed by atoms with Gasteiger partial charge in [0.1, 0.15) is 0 Å². The summed E-state index contributed by atoms with van der Waals surface area (Å²) < 4.78 is 0. The zero-order valence-electron chi connectivity index (χ0n) is 11.2. The Balaban J connectivity index is 1.93. The summed E-state index contributed by atoms with van der Waals surface area (Å²) in [6.45, 7) is 4.29. The van der Waals surface area contributed by atoms with Gasteiger partial charge >= 0.3 is 0 Å². The van der Waals surface area contributed by atoms with Crippen molar-refractivity contribution in [2.75, 3.05) is 5.32 Å². The molecule has 0 fully saturated rings. The van der Waals surface area contributed by atoms with Crippen molar-refractivity contribution in [1.82, 2.24) is 9.97 Å². The molecule has 2 rings (SSSR count). The number of nitrogens with zero attached hydrogens (tertiary/aromatic N) is 2. The molecule has 0 unspecified atom stereocenters. The van der Waals surface area contributed by atoms with Crippen LogP contribution in [-0.2, 0) is 6.42 Å². The van der Waals surface area contributed by atoms with E-state index in [4.69, 9.17) is 11.6 Å². The Morgan fingerprint density at radius 3 is 2.37 bits per heavy atom. The fraction of sp³-hybridized carbons (Fsp3) is 0.333. The number of hydrogen-bond acceptors (Lipinski definition) is 3. The van der Waals surface area contributed by atoms with Crippen LogP contribution in [0.25, 0.3) is 0 Å². The number of nitrogens with one attached hydrogen (secondary N) is 1. The van der Waals surface area contributed by atoms with E-state index in [9.17, 15) is 0 Å². The average Bonchev–Trinajstić information content (AvgIpc) is 2.40. The highest BCUT2D eigenvalue weighted by Crippen LogP contribution is 2.18. The lowest BCUT2D eigenvalue weighted by Gasteiger charge is -2.26. The number of anilines is 1. The molecule has 1 N–H and O–H groups in total. The Labute approximate surface area is 119 Å². The molecule has 1 heterocycles. The first-order valence-electron chi connectivity index (χ1n) is 6.35. The Hall–Kier alpha value is -1.61. The summed E-state index contributed by atoms with van der Waals surface area (Å²) in [4.78, 5) is 8.33. The van der Waals surface area contributed by atoms with Crippen molar-refractivity contribution in [3.63, 3.8) is 0 Å². The maximum atomic E-state index is 5.77. The Morgan fingerprint density at radius 2 is 1.74 bits per heavy atom. The fourth-order valence-electron chi connectivity index (χ4n) is 1.84. The molecule has 2 aromatic rings. The van der Waals surface area contributed by atoms with Crippen LogP contribution in [-0.4, -0.2) is 15.5 Å². The molecule has 0 amide bonds. The van der Waals surface area contributed by atoms with E-state index in [1.807, 2.05) is 6.07 Å². The average molecular weight is 276 g/mol. The largest absolute Gasteiger partial charge is 0.349 e. The molecule has 0 atom stereocenters. The summed E-state index contributed by atoms with van der Waals surface area (Å²) in [7, 11) is 0. The summed E-state index contributed by atoms with van der Waals surface area (Å²) in [5.74, 6) is 0.613. The number of benzene rings is 1. The molecule has 0 aliphatic rings. The third kappa shape index (κ3) is 4.52. The molecule has 19 heavy (non-hydrogen) atoms. The Morgan fingerprint density at radius 1 is 1.11 bits per heavy atom. The van der Waals surface area contributed by atoms with Gasteiger partial charge in [0.25, 0.3) is 0 Å². The van der Waals surface area contributed by atoms with Crippen LogP contribution >= 0.6 is 11.6 Å². The monoisotopic (exact) mass is 275 g/mol. The van der Waals surface area contributed by atoms with E-state index in [0.717, 1.165) is 12.8 Å². The first kappa shape index (κ1) is 13.8. The number of aryl methyl sites for hydroxylation is 1. The summed E-state index contributed by atoms with van der Waals surface area (Å²) >= 11 is 5.77. The second kappa shape index (κ2) is 6.02. The lowest BCUT2D eigenvalue weighted by molar-refractivity contribution is 0.514. The number of aromatic nitrogens is 2. The minimum atomic E-state index is -0.0658. The van der Waals surface area contributed by atoms with Crippen LogP contribution in [0.5, 0.6) is 0 Å². The van der Waals surface area contributed by atoms with Gasteiger partial charge in [0.05, 0.1) is 17.4 Å². The van der Waals surface area contributed by atoms with Crippen LogP contribution in [0.2, 0.25) is 5.02 Å². The van der Waals surface area contributed by atoms with Crippen molar-refractivity contribution in [1.29, 1.82) is 0 Å². The molecular formula is C15H18ClN3. The zero-order valence-corrected chi connectivity index (χ0v) is 12.0. The van der Waals surface area contributed by atoms with Crippen LogP contribution < -0.4 is 5.32 Å². The lowest BCUT2D eigenvalue weighted by Crippen LogP contribution is -2.32. The highest BCUT2D eigenvalue weighted by Gasteiger charge is 2.18. The predicted octanol–water partition coefficient (Wildman–Crippen LogP) is 3.95. The summed E-state index contributed by atoms with van der Waals surface area (Å²) in [6, 6.07) is 10.5. The molecule has 0 saturated heterocycles. The van der Waals surface area contributed by atoms with Crippen molar-refractivity contribution in [3.05, 3.63) is 53.3 Å². The van der Waals surface area contributed by atoms with Crippen LogP contribution in [0.3, 0.4) is 0 Å². The number of halogens is 1. The van der Waals surface area contributed by atoms with Crippen molar-refractivity contribution < 1.29 is 0 Å². The van der Waals surface area contributed by atoms with Crippen molar-refractivity contribution in [2.24, 2.45) is 0 Å². The summed E-state index contributed by atoms with van der Waals surface area (Å²) in [6.07, 6.45) is 5.23. The molecule has 1 aromatic heterocycles. The summed E-state index contributed by atoms with van der Waals surface area (Å²) in [5, 5.41) is 3.88. The molecule has 4 heteroatoms. The molecule has 0 spiro atoms. The van der Waals surface area contributed by atoms with E-state index in [2.05, 4.69) is 53.4 Å². The van der Waals surface area contributed by atoms with Crippen LogP contribution in [0.1, 0.15) is 25.8 Å². The molecule has 0 bridgehead atoms. The van der Waals surface area contributed by atoms with Gasteiger partial charge in [-0.15, -0.1) is 0 Å². The van der Waals surface area contributed by atoms with E-state index < -0.39 is 0 Å². The second-order valence-electron chi connectivity index (χ2n) is 5.22. The lowest BCUT2D eigenvalue weighted by atomic mass is 9.95. The van der Waals surface area contributed by atoms with Gasteiger partial charge in [-0.05, 0) is 32.3 Å². The fourth-order valence-corrected chi connectivity index (χ4v) is 1.94. The quantitative estimate of drug-likeness (QED) is 0.898. The number of rotatable bonds is 5. The SMILES string of the molecule is CC(C)(CCc1ccccc1)Nc1ncc(Cl)cn1. The number of hydrogen-bond donors (Lipinski definition) is 1. The van der Waals surface area contributed by atoms with E-state index in [1.54, 1.807) is 12.4 Å². The van der Waals surface area contributed by atoms with Gasteiger partial charge in [0, 0.05) is 5.54 Å². The van der Waals surface area contributed by atoms with Gasteiger partial charge < -0.3 is 5.32 Å². The van der Waals surface area contributed by atoms with Crippen molar-refractivity contribution in [3.8, 4) is 0 Å². The highest BCUT2D eigenvalue weighted by molar-refractivity contribution is 6.30. The Bertz CT molecular complexity index is 509. The molecule has 0 aliphatic carbocycles. The Kier molecular flexibility index (Phi) is 4.38. The first-order chi connectivity index (χ1) is 9.05. The van der Waals surface area contributed by atoms with Crippen LogP contribution in [0, 0.1) is 0 Å². The minimum Gasteiger partial charge on any atom is -0.349 e. The maximum absolute atomic E-state index is 5.77. The normalized spacial score (nSPS) is 11.3. The minimum absolute atomic E-state index is 0.0658. The molecule has 1 aromatic carbocycles. The smallest absolute Gasteiger partial charge is 0.223 e. The first-order valence-corrected chi connectivity index (χ1v) is 6.73. The maximum Gasteiger partial charge on any atom is 0.223 e. The molecular weight excluding hydrogens is 258 g/mol. The third-order valence-corrected chi connectivity index (χ3v) is 3.15. The molecule has 0 saturated carbocycles. The van der Waals surface area contributed by atoms with E-state index >= 15 is 0 Å². The van der Waals surface area contributed by atoms with Gasteiger partial charge in [0.15, 0.2) is 0 Å². The van der Waals surface area contributed by atoms with Gasteiger partial charge in [0.2, 0.25) is 5.95 Å². The van der Waals surface area contributed by atoms with Crippen LogP contribution in [0.15, 0.2) is 42.7 Å². The van der Waals surface area contributed by atoms with E-state index in [1.165, 1.54) is 5.56 Å². The van der Waals surface area contributed by atoms with Crippen LogP contribution in [0.4, 0.5) is 5.95 Å². The second-order valence-corrected chi connectivity index (χ2v) is 5.66. The molecule has 0 radical (unpaired) electrons. The highest BCUT2D eigenvalue weighted by atomic mass is 35.5. The molecule has 3 nitrogen and oxygen atoms in total. The summed E-state index contributed by atoms with van der Waals surface area (Å²) in [5.41, 5.74) is 1.28. The van der Waals surface area contributed by atoms with Gasteiger partial charge in [-0.1, -0.05) is 41.9 Å². The van der Waals surface area contributed by atoms with Gasteiger partial charge in [-0.3, -0.25) is 0 Å². The van der Waals surface area contributed by atoms with E-state index in [-0.39, 0.29) is 5.54 Å². The molecule has 0 aliphatic heterocycles. The topological polar surface area (TPSA) is 37.8 Å². The standard InChI is InChI=1S/C15H18ClN3/c1-15(2,9-8-12-6-4-3-5-7-12)19-14-17-10-13(16)11-18-14/h3-7,10-11H,8-9H2,1-2H3,(H,17,18,19). The van der Waals surface area contributed by atoms with Crippen molar-refractivity contribution >= 4 is 17.5 Å². The van der Waals surface area contributed by atoms with E-state index in [0.29, 0.717) is 11.0 Å².